The van der Waals surface area contributed by atoms with E-state index in [0.717, 1.165) is 28.2 Å². The molecule has 126 valence electrons. The lowest BCUT2D eigenvalue weighted by Gasteiger charge is -2.13. The molecule has 5 heteroatoms. The maximum absolute atomic E-state index is 13.1. The molecule has 0 saturated carbocycles. The van der Waals surface area contributed by atoms with Crippen LogP contribution in [-0.4, -0.2) is 21.7 Å². The Balaban J connectivity index is 1.77. The molecule has 2 heterocycles. The average molecular weight is 334 g/mol. The van der Waals surface area contributed by atoms with Crippen LogP contribution in [0.3, 0.4) is 0 Å². The van der Waals surface area contributed by atoms with E-state index in [0.29, 0.717) is 6.54 Å². The van der Waals surface area contributed by atoms with Gasteiger partial charge < -0.3 is 10.7 Å². The van der Waals surface area contributed by atoms with Crippen LogP contribution in [0.4, 0.5) is 4.39 Å². The number of aromatic nitrogens is 3. The minimum Gasteiger partial charge on any atom is -0.358 e. The Labute approximate surface area is 144 Å². The molecule has 0 amide bonds. The number of para-hydroxylation sites is 1. The highest BCUT2D eigenvalue weighted by molar-refractivity contribution is 5.85. The molecule has 4 rings (SSSR count). The molecular weight excluding hydrogens is 315 g/mol. The summed E-state index contributed by atoms with van der Waals surface area (Å²) in [5.74, 6) is -0.244. The van der Waals surface area contributed by atoms with Gasteiger partial charge in [0, 0.05) is 40.3 Å². The number of aryl methyl sites for hydroxylation is 1. The number of hydrogen-bond acceptors (Lipinski definition) is 2. The van der Waals surface area contributed by atoms with Gasteiger partial charge in [0.25, 0.3) is 0 Å². The largest absolute Gasteiger partial charge is 0.358 e. The predicted molar refractivity (Wildman–Crippen MR) is 97.9 cm³/mol. The molecule has 4 nitrogen and oxygen atoms in total. The minimum atomic E-state index is -0.256. The molecule has 0 spiro atoms. The van der Waals surface area contributed by atoms with E-state index in [2.05, 4.69) is 34.2 Å². The number of benzene rings is 2. The third-order valence-electron chi connectivity index (χ3n) is 4.64. The van der Waals surface area contributed by atoms with Crippen LogP contribution in [0.2, 0.25) is 0 Å². The van der Waals surface area contributed by atoms with Gasteiger partial charge in [-0.1, -0.05) is 18.2 Å². The van der Waals surface area contributed by atoms with Crippen molar-refractivity contribution in [3.8, 4) is 11.3 Å². The topological polar surface area (TPSA) is 70.5 Å². The summed E-state index contributed by atoms with van der Waals surface area (Å²) in [5, 5.41) is 8.68. The molecule has 4 N–H and O–H groups in total. The number of nitrogens with zero attached hydrogens (tertiary/aromatic N) is 1. The highest BCUT2D eigenvalue weighted by atomic mass is 19.1. The van der Waals surface area contributed by atoms with Crippen molar-refractivity contribution in [2.24, 2.45) is 5.73 Å². The van der Waals surface area contributed by atoms with Crippen molar-refractivity contribution in [1.82, 2.24) is 15.2 Å². The van der Waals surface area contributed by atoms with Gasteiger partial charge in [-0.05, 0) is 48.9 Å². The molecule has 0 aliphatic heterocycles. The van der Waals surface area contributed by atoms with E-state index in [9.17, 15) is 4.39 Å². The predicted octanol–water partition coefficient (Wildman–Crippen LogP) is 4.10. The molecule has 0 aliphatic rings. The average Bonchev–Trinajstić information content (AvgIpc) is 3.22. The molecule has 1 atom stereocenters. The Hall–Kier alpha value is -2.92. The summed E-state index contributed by atoms with van der Waals surface area (Å²) in [6.07, 6.45) is 0. The summed E-state index contributed by atoms with van der Waals surface area (Å²) in [6, 6.07) is 16.5. The van der Waals surface area contributed by atoms with Crippen LogP contribution in [-0.2, 0) is 0 Å². The van der Waals surface area contributed by atoms with Crippen LogP contribution in [0.15, 0.2) is 54.6 Å². The number of rotatable bonds is 4. The zero-order valence-electron chi connectivity index (χ0n) is 13.9. The maximum atomic E-state index is 13.1. The standard InChI is InChI=1S/C20H19FN4/c1-12-20(15-4-2-3-5-17(15)23-12)16(11-22)19-10-18(24-25-19)13-6-8-14(21)9-7-13/h2-10,16,23H,11,22H2,1H3,(H,24,25). The quantitative estimate of drug-likeness (QED) is 0.526. The number of fused-ring (bicyclic) bond motifs is 1. The number of aromatic amines is 2. The summed E-state index contributed by atoms with van der Waals surface area (Å²) in [5.41, 5.74) is 12.1. The molecule has 0 aliphatic carbocycles. The molecule has 1 unspecified atom stereocenters. The van der Waals surface area contributed by atoms with E-state index in [-0.39, 0.29) is 11.7 Å². The van der Waals surface area contributed by atoms with Gasteiger partial charge >= 0.3 is 0 Å². The van der Waals surface area contributed by atoms with Crippen LogP contribution in [0.5, 0.6) is 0 Å². The lowest BCUT2D eigenvalue weighted by Crippen LogP contribution is -2.15. The van der Waals surface area contributed by atoms with Crippen molar-refractivity contribution in [1.29, 1.82) is 0 Å². The zero-order valence-corrected chi connectivity index (χ0v) is 13.9. The molecule has 0 bridgehead atoms. The molecule has 0 fully saturated rings. The van der Waals surface area contributed by atoms with E-state index in [1.165, 1.54) is 23.1 Å². The van der Waals surface area contributed by atoms with Crippen LogP contribution < -0.4 is 5.73 Å². The fourth-order valence-electron chi connectivity index (χ4n) is 3.43. The number of H-pyrrole nitrogens is 2. The van der Waals surface area contributed by atoms with Gasteiger partial charge in [0.2, 0.25) is 0 Å². The third-order valence-corrected chi connectivity index (χ3v) is 4.64. The Morgan fingerprint density at radius 1 is 1.12 bits per heavy atom. The molecule has 0 radical (unpaired) electrons. The number of nitrogens with one attached hydrogen (secondary N) is 2. The Kier molecular flexibility index (Phi) is 3.86. The second-order valence-electron chi connectivity index (χ2n) is 6.21. The highest BCUT2D eigenvalue weighted by Gasteiger charge is 2.21. The number of nitrogens with two attached hydrogens (primary N) is 1. The van der Waals surface area contributed by atoms with Crippen LogP contribution >= 0.6 is 0 Å². The van der Waals surface area contributed by atoms with Crippen molar-refractivity contribution in [2.75, 3.05) is 6.54 Å². The summed E-state index contributed by atoms with van der Waals surface area (Å²) < 4.78 is 13.1. The summed E-state index contributed by atoms with van der Waals surface area (Å²) in [6.45, 7) is 2.53. The summed E-state index contributed by atoms with van der Waals surface area (Å²) >= 11 is 0. The van der Waals surface area contributed by atoms with Crippen molar-refractivity contribution in [2.45, 2.75) is 12.8 Å². The van der Waals surface area contributed by atoms with Crippen molar-refractivity contribution >= 4 is 10.9 Å². The van der Waals surface area contributed by atoms with Crippen LogP contribution in [0.1, 0.15) is 22.9 Å². The van der Waals surface area contributed by atoms with Gasteiger partial charge in [0.1, 0.15) is 5.82 Å². The monoisotopic (exact) mass is 334 g/mol. The highest BCUT2D eigenvalue weighted by Crippen LogP contribution is 2.33. The first kappa shape index (κ1) is 15.6. The Morgan fingerprint density at radius 3 is 2.64 bits per heavy atom. The molecule has 4 aromatic rings. The fraction of sp³-hybridized carbons (Fsp3) is 0.150. The second kappa shape index (κ2) is 6.18. The summed E-state index contributed by atoms with van der Waals surface area (Å²) in [7, 11) is 0. The smallest absolute Gasteiger partial charge is 0.123 e. The van der Waals surface area contributed by atoms with Crippen molar-refractivity contribution in [3.05, 3.63) is 77.4 Å². The number of halogens is 1. The molecule has 2 aromatic heterocycles. The van der Waals surface area contributed by atoms with Gasteiger partial charge in [-0.25, -0.2) is 4.39 Å². The van der Waals surface area contributed by atoms with Crippen LogP contribution in [0, 0.1) is 12.7 Å². The lowest BCUT2D eigenvalue weighted by molar-refractivity contribution is 0.628. The van der Waals surface area contributed by atoms with Gasteiger partial charge in [-0.2, -0.15) is 5.10 Å². The first-order valence-electron chi connectivity index (χ1n) is 8.26. The fourth-order valence-corrected chi connectivity index (χ4v) is 3.43. The zero-order chi connectivity index (χ0) is 17.4. The van der Waals surface area contributed by atoms with Gasteiger partial charge in [-0.15, -0.1) is 0 Å². The van der Waals surface area contributed by atoms with E-state index in [1.54, 1.807) is 12.1 Å². The van der Waals surface area contributed by atoms with Crippen molar-refractivity contribution < 1.29 is 4.39 Å². The molecule has 25 heavy (non-hydrogen) atoms. The second-order valence-corrected chi connectivity index (χ2v) is 6.21. The lowest BCUT2D eigenvalue weighted by atomic mass is 9.92. The SMILES string of the molecule is Cc1[nH]c2ccccc2c1C(CN)c1cc(-c2ccc(F)cc2)n[nH]1. The molecule has 0 saturated heterocycles. The number of hydrogen-bond donors (Lipinski definition) is 3. The maximum Gasteiger partial charge on any atom is 0.123 e. The first-order valence-corrected chi connectivity index (χ1v) is 8.26. The van der Waals surface area contributed by atoms with Crippen LogP contribution in [0.25, 0.3) is 22.2 Å². The van der Waals surface area contributed by atoms with E-state index in [1.807, 2.05) is 18.2 Å². The molecular formula is C20H19FN4. The first-order chi connectivity index (χ1) is 12.2. The van der Waals surface area contributed by atoms with E-state index >= 15 is 0 Å². The summed E-state index contributed by atoms with van der Waals surface area (Å²) in [4.78, 5) is 3.42. The van der Waals surface area contributed by atoms with Gasteiger partial charge in [0.15, 0.2) is 0 Å². The van der Waals surface area contributed by atoms with Crippen molar-refractivity contribution in [3.63, 3.8) is 0 Å². The van der Waals surface area contributed by atoms with Gasteiger partial charge in [-0.3, -0.25) is 5.10 Å². The Bertz CT molecular complexity index is 1010. The normalized spacial score (nSPS) is 12.6. The third kappa shape index (κ3) is 2.72. The Morgan fingerprint density at radius 2 is 1.88 bits per heavy atom. The minimum absolute atomic E-state index is 0.0119. The van der Waals surface area contributed by atoms with E-state index < -0.39 is 0 Å². The van der Waals surface area contributed by atoms with E-state index in [4.69, 9.17) is 5.73 Å². The van der Waals surface area contributed by atoms with Gasteiger partial charge in [0.05, 0.1) is 5.69 Å². The molecule has 2 aromatic carbocycles.